The zero-order chi connectivity index (χ0) is 16.0. The van der Waals surface area contributed by atoms with Crippen molar-refractivity contribution < 1.29 is 4.79 Å². The van der Waals surface area contributed by atoms with Gasteiger partial charge >= 0.3 is 0 Å². The van der Waals surface area contributed by atoms with E-state index in [-0.39, 0.29) is 12.5 Å². The Hall–Kier alpha value is -2.53. The van der Waals surface area contributed by atoms with Gasteiger partial charge in [0.15, 0.2) is 0 Å². The molecule has 1 saturated carbocycles. The second-order valence-corrected chi connectivity index (χ2v) is 5.82. The molecule has 0 aromatic heterocycles. The van der Waals surface area contributed by atoms with E-state index in [1.807, 2.05) is 6.07 Å². The maximum Gasteiger partial charge on any atom is 0.240 e. The van der Waals surface area contributed by atoms with Gasteiger partial charge in [0.25, 0.3) is 0 Å². The number of likely N-dealkylation sites (N-methyl/N-ethyl adjacent to an activating group) is 1. The molecule has 1 fully saturated rings. The first-order valence-corrected chi connectivity index (χ1v) is 7.52. The number of rotatable bonds is 4. The molecule has 0 saturated heterocycles. The largest absolute Gasteiger partial charge is 0.365 e. The average molecular weight is 296 g/mol. The van der Waals surface area contributed by atoms with Crippen LogP contribution >= 0.6 is 0 Å². The molecule has 5 nitrogen and oxygen atoms in total. The van der Waals surface area contributed by atoms with E-state index < -0.39 is 5.54 Å². The molecule has 1 aromatic rings. The van der Waals surface area contributed by atoms with Crippen molar-refractivity contribution in [3.05, 3.63) is 29.8 Å². The fourth-order valence-electron chi connectivity index (χ4n) is 2.85. The maximum absolute atomic E-state index is 12.2. The molecular weight excluding hydrogens is 276 g/mol. The number of hydrogen-bond acceptors (Lipinski definition) is 4. The van der Waals surface area contributed by atoms with Crippen molar-refractivity contribution in [1.29, 1.82) is 10.5 Å². The normalized spacial score (nSPS) is 16.1. The summed E-state index contributed by atoms with van der Waals surface area (Å²) < 4.78 is 0. The lowest BCUT2D eigenvalue weighted by atomic mass is 9.83. The summed E-state index contributed by atoms with van der Waals surface area (Å²) in [5, 5.41) is 21.2. The molecule has 114 valence electrons. The van der Waals surface area contributed by atoms with Gasteiger partial charge in [0.2, 0.25) is 5.91 Å². The van der Waals surface area contributed by atoms with Crippen molar-refractivity contribution >= 4 is 11.6 Å². The topological polar surface area (TPSA) is 79.9 Å². The lowest BCUT2D eigenvalue weighted by Gasteiger charge is -2.32. The minimum atomic E-state index is -0.704. The molecule has 5 heteroatoms. The fourth-order valence-corrected chi connectivity index (χ4v) is 2.85. The second-order valence-electron chi connectivity index (χ2n) is 5.82. The van der Waals surface area contributed by atoms with Crippen LogP contribution in [-0.2, 0) is 4.79 Å². The molecule has 1 amide bonds. The number of benzene rings is 1. The van der Waals surface area contributed by atoms with Gasteiger partial charge in [-0.25, -0.2) is 0 Å². The van der Waals surface area contributed by atoms with Gasteiger partial charge in [-0.3, -0.25) is 4.79 Å². The van der Waals surface area contributed by atoms with E-state index >= 15 is 0 Å². The highest BCUT2D eigenvalue weighted by Crippen LogP contribution is 2.27. The van der Waals surface area contributed by atoms with Crippen LogP contribution in [0.4, 0.5) is 5.69 Å². The monoisotopic (exact) mass is 296 g/mol. The van der Waals surface area contributed by atoms with Gasteiger partial charge in [-0.05, 0) is 31.0 Å². The molecular formula is C17H20N4O. The molecule has 1 aromatic carbocycles. The lowest BCUT2D eigenvalue weighted by Crippen LogP contribution is -2.51. The number of carbonyl (C=O) groups excluding carboxylic acids is 1. The Labute approximate surface area is 131 Å². The zero-order valence-electron chi connectivity index (χ0n) is 12.8. The predicted octanol–water partition coefficient (Wildman–Crippen LogP) is 2.34. The molecule has 2 rings (SSSR count). The molecule has 0 spiro atoms. The highest BCUT2D eigenvalue weighted by atomic mass is 16.2. The molecule has 1 aliphatic carbocycles. The Balaban J connectivity index is 1.99. The molecule has 1 N–H and O–H groups in total. The van der Waals surface area contributed by atoms with E-state index in [4.69, 9.17) is 5.26 Å². The van der Waals surface area contributed by atoms with Crippen LogP contribution in [0, 0.1) is 22.7 Å². The van der Waals surface area contributed by atoms with E-state index in [1.54, 1.807) is 30.1 Å². The highest BCUT2D eigenvalue weighted by molar-refractivity contribution is 5.82. The van der Waals surface area contributed by atoms with Crippen LogP contribution in [0.15, 0.2) is 24.3 Å². The molecule has 1 aliphatic rings. The number of nitrogens with one attached hydrogen (secondary N) is 1. The first-order chi connectivity index (χ1) is 10.6. The summed E-state index contributed by atoms with van der Waals surface area (Å²) in [5.74, 6) is -0.159. The number of carbonyl (C=O) groups is 1. The molecule has 0 unspecified atom stereocenters. The van der Waals surface area contributed by atoms with E-state index in [9.17, 15) is 10.1 Å². The van der Waals surface area contributed by atoms with E-state index in [0.29, 0.717) is 5.56 Å². The Morgan fingerprint density at radius 3 is 2.68 bits per heavy atom. The van der Waals surface area contributed by atoms with Gasteiger partial charge in [0.1, 0.15) is 5.54 Å². The Morgan fingerprint density at radius 1 is 1.32 bits per heavy atom. The Bertz CT molecular complexity index is 620. The summed E-state index contributed by atoms with van der Waals surface area (Å²) in [6.45, 7) is 0.165. The Morgan fingerprint density at radius 2 is 2.05 bits per heavy atom. The molecule has 22 heavy (non-hydrogen) atoms. The summed E-state index contributed by atoms with van der Waals surface area (Å²) in [5.41, 5.74) is 0.666. The number of nitrogens with zero attached hydrogens (tertiary/aromatic N) is 3. The zero-order valence-corrected chi connectivity index (χ0v) is 12.8. The van der Waals surface area contributed by atoms with Gasteiger partial charge in [-0.2, -0.15) is 10.5 Å². The molecule has 0 radical (unpaired) electrons. The van der Waals surface area contributed by atoms with Crippen molar-refractivity contribution in [1.82, 2.24) is 5.32 Å². The van der Waals surface area contributed by atoms with Crippen LogP contribution in [0.2, 0.25) is 0 Å². The van der Waals surface area contributed by atoms with Crippen LogP contribution < -0.4 is 10.2 Å². The van der Waals surface area contributed by atoms with Crippen molar-refractivity contribution in [2.45, 2.75) is 37.6 Å². The number of hydrogen-bond donors (Lipinski definition) is 1. The first kappa shape index (κ1) is 15.9. The molecule has 0 heterocycles. The Kier molecular flexibility index (Phi) is 5.01. The minimum absolute atomic E-state index is 0.159. The number of anilines is 1. The van der Waals surface area contributed by atoms with Crippen molar-refractivity contribution in [3.63, 3.8) is 0 Å². The van der Waals surface area contributed by atoms with Crippen LogP contribution in [0.25, 0.3) is 0 Å². The quantitative estimate of drug-likeness (QED) is 0.924. The van der Waals surface area contributed by atoms with Gasteiger partial charge in [0.05, 0.1) is 24.2 Å². The van der Waals surface area contributed by atoms with E-state index in [2.05, 4.69) is 17.5 Å². The van der Waals surface area contributed by atoms with Gasteiger partial charge < -0.3 is 10.2 Å². The van der Waals surface area contributed by atoms with Crippen LogP contribution in [0.5, 0.6) is 0 Å². The predicted molar refractivity (Wildman–Crippen MR) is 84.0 cm³/mol. The SMILES string of the molecule is CN(CC(=O)NC1(C#N)CCCCC1)c1cccc(C#N)c1. The van der Waals surface area contributed by atoms with E-state index in [0.717, 1.165) is 37.8 Å². The highest BCUT2D eigenvalue weighted by Gasteiger charge is 2.33. The summed E-state index contributed by atoms with van der Waals surface area (Å²) in [4.78, 5) is 14.0. The van der Waals surface area contributed by atoms with Crippen molar-refractivity contribution in [2.24, 2.45) is 0 Å². The molecule has 0 atom stereocenters. The number of amides is 1. The van der Waals surface area contributed by atoms with E-state index in [1.165, 1.54) is 0 Å². The third kappa shape index (κ3) is 3.77. The van der Waals surface area contributed by atoms with Crippen LogP contribution in [0.3, 0.4) is 0 Å². The molecule has 0 bridgehead atoms. The third-order valence-corrected chi connectivity index (χ3v) is 4.10. The average Bonchev–Trinajstić information content (AvgIpc) is 2.55. The summed E-state index contributed by atoms with van der Waals surface area (Å²) in [7, 11) is 1.80. The van der Waals surface area contributed by atoms with Crippen molar-refractivity contribution in [2.75, 3.05) is 18.5 Å². The fraction of sp³-hybridized carbons (Fsp3) is 0.471. The second kappa shape index (κ2) is 6.95. The maximum atomic E-state index is 12.2. The van der Waals surface area contributed by atoms with Crippen LogP contribution in [-0.4, -0.2) is 25.0 Å². The number of nitriles is 2. The van der Waals surface area contributed by atoms with Gasteiger partial charge in [-0.15, -0.1) is 0 Å². The third-order valence-electron chi connectivity index (χ3n) is 4.10. The van der Waals surface area contributed by atoms with Gasteiger partial charge in [-0.1, -0.05) is 25.3 Å². The summed E-state index contributed by atoms with van der Waals surface area (Å²) in [6.07, 6.45) is 4.54. The first-order valence-electron chi connectivity index (χ1n) is 7.52. The standard InChI is InChI=1S/C17H20N4O/c1-21(15-7-5-6-14(10-15)11-18)12-16(22)20-17(13-19)8-3-2-4-9-17/h5-7,10H,2-4,8-9,12H2,1H3,(H,20,22). The van der Waals surface area contributed by atoms with Gasteiger partial charge in [0, 0.05) is 12.7 Å². The summed E-state index contributed by atoms with van der Waals surface area (Å²) in [6, 6.07) is 11.5. The van der Waals surface area contributed by atoms with Crippen LogP contribution in [0.1, 0.15) is 37.7 Å². The lowest BCUT2D eigenvalue weighted by molar-refractivity contribution is -0.121. The summed E-state index contributed by atoms with van der Waals surface area (Å²) >= 11 is 0. The van der Waals surface area contributed by atoms with Crippen molar-refractivity contribution in [3.8, 4) is 12.1 Å². The molecule has 0 aliphatic heterocycles. The smallest absolute Gasteiger partial charge is 0.240 e. The minimum Gasteiger partial charge on any atom is -0.365 e.